The van der Waals surface area contributed by atoms with Crippen molar-refractivity contribution in [2.75, 3.05) is 26.4 Å². The van der Waals surface area contributed by atoms with E-state index >= 15 is 0 Å². The number of ketones is 1. The number of Topliss-reactive ketones (excluding diaryl/α,β-unsaturated/α-hetero) is 1. The van der Waals surface area contributed by atoms with Crippen molar-refractivity contribution in [3.63, 3.8) is 0 Å². The number of aliphatic hydroxyl groups is 1. The number of nitrogens with zero attached hydrogens (tertiary/aromatic N) is 1. The second-order valence-corrected chi connectivity index (χ2v) is 5.77. The van der Waals surface area contributed by atoms with Gasteiger partial charge in [-0.05, 0) is 44.9 Å². The summed E-state index contributed by atoms with van der Waals surface area (Å²) in [4.78, 5) is 26.0. The van der Waals surface area contributed by atoms with Gasteiger partial charge >= 0.3 is 0 Å². The summed E-state index contributed by atoms with van der Waals surface area (Å²) in [5, 5.41) is 10.2. The molecule has 0 spiro atoms. The highest BCUT2D eigenvalue weighted by atomic mass is 16.5. The predicted octanol–water partition coefficient (Wildman–Crippen LogP) is 2.80. The molecule has 0 unspecified atom stereocenters. The van der Waals surface area contributed by atoms with E-state index in [1.54, 1.807) is 12.1 Å². The maximum absolute atomic E-state index is 12.4. The third-order valence-electron chi connectivity index (χ3n) is 4.08. The quantitative estimate of drug-likeness (QED) is 0.695. The van der Waals surface area contributed by atoms with Crippen LogP contribution in [0.25, 0.3) is 0 Å². The van der Waals surface area contributed by atoms with E-state index in [-0.39, 0.29) is 11.4 Å². The van der Waals surface area contributed by atoms with Crippen LogP contribution in [0.15, 0.2) is 35.6 Å². The van der Waals surface area contributed by atoms with Gasteiger partial charge in [0.2, 0.25) is 0 Å². The zero-order valence-electron chi connectivity index (χ0n) is 14.9. The van der Waals surface area contributed by atoms with Gasteiger partial charge in [0.1, 0.15) is 5.75 Å². The summed E-state index contributed by atoms with van der Waals surface area (Å²) in [6.45, 7) is 7.26. The van der Waals surface area contributed by atoms with E-state index in [4.69, 9.17) is 9.47 Å². The molecule has 1 aliphatic heterocycles. The van der Waals surface area contributed by atoms with Crippen LogP contribution in [0.2, 0.25) is 0 Å². The second kappa shape index (κ2) is 8.67. The fraction of sp³-hybridized carbons (Fsp3) is 0.474. The second-order valence-electron chi connectivity index (χ2n) is 5.77. The first-order valence-corrected chi connectivity index (χ1v) is 8.56. The fourth-order valence-electron chi connectivity index (χ4n) is 2.98. The lowest BCUT2D eigenvalue weighted by molar-refractivity contribution is -0.129. The zero-order valence-corrected chi connectivity index (χ0v) is 14.9. The van der Waals surface area contributed by atoms with Crippen molar-refractivity contribution in [2.45, 2.75) is 33.2 Å². The molecule has 0 aromatic heterocycles. The summed E-state index contributed by atoms with van der Waals surface area (Å²) in [5.74, 6) is -0.559. The van der Waals surface area contributed by atoms with Gasteiger partial charge in [0, 0.05) is 19.8 Å². The Kier molecular flexibility index (Phi) is 6.58. The largest absolute Gasteiger partial charge is 0.503 e. The highest BCUT2D eigenvalue weighted by Crippen LogP contribution is 2.38. The maximum atomic E-state index is 12.4. The summed E-state index contributed by atoms with van der Waals surface area (Å²) in [6, 6.07) is 6.66. The average Bonchev–Trinajstić information content (AvgIpc) is 2.84. The topological polar surface area (TPSA) is 76.1 Å². The molecule has 1 N–H and O–H groups in total. The van der Waals surface area contributed by atoms with Crippen LogP contribution in [0, 0.1) is 0 Å². The van der Waals surface area contributed by atoms with E-state index in [1.165, 1.54) is 11.8 Å². The first-order chi connectivity index (χ1) is 12.0. The maximum Gasteiger partial charge on any atom is 0.290 e. The van der Waals surface area contributed by atoms with Crippen molar-refractivity contribution >= 4 is 11.7 Å². The third-order valence-corrected chi connectivity index (χ3v) is 4.08. The van der Waals surface area contributed by atoms with Crippen molar-refractivity contribution in [3.05, 3.63) is 41.2 Å². The molecule has 0 radical (unpaired) electrons. The Morgan fingerprint density at radius 2 is 1.88 bits per heavy atom. The molecule has 25 heavy (non-hydrogen) atoms. The molecule has 2 rings (SSSR count). The predicted molar refractivity (Wildman–Crippen MR) is 93.5 cm³/mol. The van der Waals surface area contributed by atoms with Crippen molar-refractivity contribution in [1.29, 1.82) is 0 Å². The molecule has 6 heteroatoms. The summed E-state index contributed by atoms with van der Waals surface area (Å²) in [5.41, 5.74) is 0.910. The Labute approximate surface area is 148 Å². The van der Waals surface area contributed by atoms with Crippen LogP contribution < -0.4 is 4.74 Å². The van der Waals surface area contributed by atoms with E-state index in [2.05, 4.69) is 0 Å². The zero-order chi connectivity index (χ0) is 18.4. The number of hydrogen-bond acceptors (Lipinski definition) is 5. The Morgan fingerprint density at radius 1 is 1.20 bits per heavy atom. The van der Waals surface area contributed by atoms with Crippen molar-refractivity contribution in [3.8, 4) is 5.75 Å². The third kappa shape index (κ3) is 4.20. The van der Waals surface area contributed by atoms with E-state index < -0.39 is 17.7 Å². The molecule has 0 bridgehead atoms. The van der Waals surface area contributed by atoms with Crippen LogP contribution in [-0.2, 0) is 14.3 Å². The standard InChI is InChI=1S/C19H25NO5/c1-4-24-12-6-11-20-17(16(13(3)21)18(22)19(20)23)14-7-9-15(10-8-14)25-5-2/h7-10,17,22H,4-6,11-12H2,1-3H3/t17-/m0/s1. The number of rotatable bonds is 9. The van der Waals surface area contributed by atoms with Gasteiger partial charge in [0.15, 0.2) is 11.5 Å². The van der Waals surface area contributed by atoms with Gasteiger partial charge in [-0.3, -0.25) is 9.59 Å². The van der Waals surface area contributed by atoms with E-state index in [1.807, 2.05) is 26.0 Å². The Balaban J connectivity index is 2.29. The molecular formula is C19H25NO5. The fourth-order valence-corrected chi connectivity index (χ4v) is 2.98. The Morgan fingerprint density at radius 3 is 2.44 bits per heavy atom. The molecule has 0 aliphatic carbocycles. The number of amides is 1. The minimum atomic E-state index is -0.581. The van der Waals surface area contributed by atoms with Crippen molar-refractivity contribution < 1.29 is 24.2 Å². The van der Waals surface area contributed by atoms with Crippen LogP contribution in [0.1, 0.15) is 38.8 Å². The lowest BCUT2D eigenvalue weighted by atomic mass is 9.96. The number of aliphatic hydroxyl groups excluding tert-OH is 1. The van der Waals surface area contributed by atoms with E-state index in [0.717, 1.165) is 11.3 Å². The van der Waals surface area contributed by atoms with Crippen molar-refractivity contribution in [1.82, 2.24) is 4.90 Å². The summed E-state index contributed by atoms with van der Waals surface area (Å²) < 4.78 is 10.7. The van der Waals surface area contributed by atoms with Gasteiger partial charge in [-0.25, -0.2) is 0 Å². The lowest BCUT2D eigenvalue weighted by Crippen LogP contribution is -2.32. The van der Waals surface area contributed by atoms with Gasteiger partial charge in [-0.15, -0.1) is 0 Å². The summed E-state index contributed by atoms with van der Waals surface area (Å²) >= 11 is 0. The first-order valence-electron chi connectivity index (χ1n) is 8.56. The molecule has 0 saturated carbocycles. The minimum Gasteiger partial charge on any atom is -0.503 e. The van der Waals surface area contributed by atoms with Gasteiger partial charge in [0.25, 0.3) is 5.91 Å². The number of carbonyl (C=O) groups excluding carboxylic acids is 2. The monoisotopic (exact) mass is 347 g/mol. The van der Waals surface area contributed by atoms with E-state index in [9.17, 15) is 14.7 Å². The van der Waals surface area contributed by atoms with Crippen LogP contribution >= 0.6 is 0 Å². The van der Waals surface area contributed by atoms with Crippen LogP contribution in [0.3, 0.4) is 0 Å². The van der Waals surface area contributed by atoms with E-state index in [0.29, 0.717) is 32.8 Å². The highest BCUT2D eigenvalue weighted by Gasteiger charge is 2.41. The molecule has 1 aromatic rings. The molecule has 136 valence electrons. The Hall–Kier alpha value is -2.34. The molecule has 0 fully saturated rings. The molecular weight excluding hydrogens is 322 g/mol. The average molecular weight is 347 g/mol. The minimum absolute atomic E-state index is 0.144. The normalized spacial score (nSPS) is 17.3. The van der Waals surface area contributed by atoms with Gasteiger partial charge < -0.3 is 19.5 Å². The molecule has 1 atom stereocenters. The number of carbonyl (C=O) groups is 2. The van der Waals surface area contributed by atoms with Crippen molar-refractivity contribution in [2.24, 2.45) is 0 Å². The highest BCUT2D eigenvalue weighted by molar-refractivity contribution is 6.08. The molecule has 1 amide bonds. The molecule has 1 aliphatic rings. The van der Waals surface area contributed by atoms with Crippen LogP contribution in [-0.4, -0.2) is 48.1 Å². The smallest absolute Gasteiger partial charge is 0.290 e. The van der Waals surface area contributed by atoms with Crippen LogP contribution in [0.4, 0.5) is 0 Å². The first kappa shape index (κ1) is 19.0. The summed E-state index contributed by atoms with van der Waals surface area (Å²) in [7, 11) is 0. The molecule has 1 heterocycles. The lowest BCUT2D eigenvalue weighted by Gasteiger charge is -2.26. The number of hydrogen-bond donors (Lipinski definition) is 1. The Bertz CT molecular complexity index is 650. The number of benzene rings is 1. The van der Waals surface area contributed by atoms with Gasteiger partial charge in [0.05, 0.1) is 18.2 Å². The molecule has 0 saturated heterocycles. The SMILES string of the molecule is CCOCCCN1C(=O)C(O)=C(C(C)=O)[C@@H]1c1ccc(OCC)cc1. The van der Waals surface area contributed by atoms with Gasteiger partial charge in [-0.2, -0.15) is 0 Å². The van der Waals surface area contributed by atoms with Crippen LogP contribution in [0.5, 0.6) is 5.75 Å². The number of ether oxygens (including phenoxy) is 2. The van der Waals surface area contributed by atoms with Gasteiger partial charge in [-0.1, -0.05) is 12.1 Å². The molecule has 1 aromatic carbocycles. The molecule has 6 nitrogen and oxygen atoms in total. The summed E-state index contributed by atoms with van der Waals surface area (Å²) in [6.07, 6.45) is 0.631.